The number of hydrogen-bond donors (Lipinski definition) is 0. The van der Waals surface area contributed by atoms with E-state index in [4.69, 9.17) is 4.89 Å². The van der Waals surface area contributed by atoms with Gasteiger partial charge in [-0.25, -0.2) is 9.68 Å². The molecule has 0 radical (unpaired) electrons. The van der Waals surface area contributed by atoms with Crippen LogP contribution in [0.25, 0.3) is 0 Å². The quantitative estimate of drug-likeness (QED) is 0.137. The minimum Gasteiger partial charge on any atom is -0.330 e. The van der Waals surface area contributed by atoms with E-state index in [0.717, 1.165) is 0 Å². The molecule has 2 aliphatic rings. The van der Waals surface area contributed by atoms with Crippen molar-refractivity contribution in [2.75, 3.05) is 6.61 Å². The van der Waals surface area contributed by atoms with Gasteiger partial charge in [0.1, 0.15) is 11.6 Å². The maximum absolute atomic E-state index is 11.7. The zero-order valence-electron chi connectivity index (χ0n) is 15.5. The van der Waals surface area contributed by atoms with Gasteiger partial charge >= 0.3 is 5.97 Å². The molecule has 2 rings (SSSR count). The summed E-state index contributed by atoms with van der Waals surface area (Å²) in [5.74, 6) is -4.03. The van der Waals surface area contributed by atoms with Crippen molar-refractivity contribution in [1.29, 1.82) is 0 Å². The third-order valence-corrected chi connectivity index (χ3v) is 4.02. The van der Waals surface area contributed by atoms with Crippen LogP contribution < -0.4 is 0 Å². The van der Waals surface area contributed by atoms with E-state index < -0.39 is 41.8 Å². The summed E-state index contributed by atoms with van der Waals surface area (Å²) < 4.78 is 0. The average molecular weight is 412 g/mol. The number of rotatable bonds is 12. The Morgan fingerprint density at radius 3 is 1.83 bits per heavy atom. The highest BCUT2D eigenvalue weighted by Crippen LogP contribution is 2.14. The van der Waals surface area contributed by atoms with Gasteiger partial charge in [-0.2, -0.15) is 0 Å². The van der Waals surface area contributed by atoms with Gasteiger partial charge in [-0.1, -0.05) is 0 Å². The first-order valence-electron chi connectivity index (χ1n) is 9.03. The number of hydroxylamine groups is 4. The summed E-state index contributed by atoms with van der Waals surface area (Å²) >= 11 is 0. The summed E-state index contributed by atoms with van der Waals surface area (Å²) in [6, 6.07) is 0. The Kier molecular flexibility index (Phi) is 8.09. The van der Waals surface area contributed by atoms with Crippen LogP contribution in [0.4, 0.5) is 0 Å². The van der Waals surface area contributed by atoms with Crippen LogP contribution in [0.1, 0.15) is 57.8 Å². The van der Waals surface area contributed by atoms with Gasteiger partial charge in [0.25, 0.3) is 23.6 Å². The molecule has 2 fully saturated rings. The highest BCUT2D eigenvalue weighted by molar-refractivity contribution is 6.02. The molecule has 0 aromatic carbocycles. The molecule has 0 aromatic rings. The SMILES string of the molecule is O=C(CCCOON1C(=O)CCC1=O)CC(=O)CCC(=O)ON1C(=O)CCC1=O. The van der Waals surface area contributed by atoms with Crippen molar-refractivity contribution in [3.63, 3.8) is 0 Å². The monoisotopic (exact) mass is 412 g/mol. The second kappa shape index (κ2) is 10.5. The second-order valence-electron chi connectivity index (χ2n) is 6.38. The number of hydrogen-bond acceptors (Lipinski definition) is 10. The highest BCUT2D eigenvalue weighted by atomic mass is 17.3. The third-order valence-electron chi connectivity index (χ3n) is 4.02. The predicted molar refractivity (Wildman–Crippen MR) is 88.4 cm³/mol. The molecule has 12 heteroatoms. The molecular formula is C17H20N2O10. The van der Waals surface area contributed by atoms with Crippen LogP contribution in [0.15, 0.2) is 0 Å². The summed E-state index contributed by atoms with van der Waals surface area (Å²) in [5.41, 5.74) is 0. The Bertz CT molecular complexity index is 700. The predicted octanol–water partition coefficient (Wildman–Crippen LogP) is -0.305. The fourth-order valence-electron chi connectivity index (χ4n) is 2.50. The lowest BCUT2D eigenvalue weighted by Crippen LogP contribution is -2.32. The van der Waals surface area contributed by atoms with Crippen LogP contribution in [0, 0.1) is 0 Å². The van der Waals surface area contributed by atoms with Crippen molar-refractivity contribution < 1.29 is 48.3 Å². The molecule has 0 atom stereocenters. The lowest BCUT2D eigenvalue weighted by Gasteiger charge is -2.12. The molecule has 0 unspecified atom stereocenters. The molecule has 29 heavy (non-hydrogen) atoms. The normalized spacial score (nSPS) is 16.7. The molecular weight excluding hydrogens is 392 g/mol. The highest BCUT2D eigenvalue weighted by Gasteiger charge is 2.33. The zero-order valence-corrected chi connectivity index (χ0v) is 15.5. The van der Waals surface area contributed by atoms with E-state index in [1.54, 1.807) is 0 Å². The van der Waals surface area contributed by atoms with Crippen LogP contribution >= 0.6 is 0 Å². The summed E-state index contributed by atoms with van der Waals surface area (Å²) in [6.07, 6.45) is -0.766. The summed E-state index contributed by atoms with van der Waals surface area (Å²) in [4.78, 5) is 94.1. The number of carbonyl (C=O) groups excluding carboxylic acids is 7. The molecule has 12 nitrogen and oxygen atoms in total. The van der Waals surface area contributed by atoms with Crippen molar-refractivity contribution in [2.24, 2.45) is 0 Å². The Morgan fingerprint density at radius 2 is 1.24 bits per heavy atom. The van der Waals surface area contributed by atoms with Crippen molar-refractivity contribution in [3.8, 4) is 0 Å². The van der Waals surface area contributed by atoms with Crippen molar-refractivity contribution in [2.45, 2.75) is 57.8 Å². The first-order chi connectivity index (χ1) is 13.8. The summed E-state index contributed by atoms with van der Waals surface area (Å²) in [6.45, 7) is -0.0682. The minimum atomic E-state index is -0.911. The molecule has 2 saturated heterocycles. The van der Waals surface area contributed by atoms with E-state index in [1.807, 2.05) is 0 Å². The van der Waals surface area contributed by atoms with E-state index in [2.05, 4.69) is 9.83 Å². The molecule has 4 amide bonds. The van der Waals surface area contributed by atoms with Crippen molar-refractivity contribution >= 4 is 41.2 Å². The van der Waals surface area contributed by atoms with Gasteiger partial charge in [0.15, 0.2) is 0 Å². The standard InChI is InChI=1S/C17H20N2O10/c20-11(2-1-9-27-29-19-15(24)6-7-16(19)25)10-12(21)3-8-17(26)28-18-13(22)4-5-14(18)23/h1-10H2. The molecule has 0 aromatic heterocycles. The van der Waals surface area contributed by atoms with E-state index in [-0.39, 0.29) is 63.8 Å². The number of amides is 4. The Hall–Kier alpha value is -2.99. The van der Waals surface area contributed by atoms with Crippen molar-refractivity contribution in [1.82, 2.24) is 10.1 Å². The molecule has 0 saturated carbocycles. The minimum absolute atomic E-state index is 0.00177. The van der Waals surface area contributed by atoms with Gasteiger partial charge in [-0.15, -0.1) is 15.1 Å². The van der Waals surface area contributed by atoms with Gasteiger partial charge in [-0.3, -0.25) is 28.8 Å². The topological polar surface area (TPSA) is 154 Å². The maximum Gasteiger partial charge on any atom is 0.333 e. The van der Waals surface area contributed by atoms with E-state index in [0.29, 0.717) is 10.1 Å². The zero-order chi connectivity index (χ0) is 21.4. The summed E-state index contributed by atoms with van der Waals surface area (Å²) in [7, 11) is 0. The van der Waals surface area contributed by atoms with Crippen molar-refractivity contribution in [3.05, 3.63) is 0 Å². The average Bonchev–Trinajstić information content (AvgIpc) is 3.16. The fraction of sp³-hybridized carbons (Fsp3) is 0.588. The second-order valence-corrected chi connectivity index (χ2v) is 6.38. The Labute approximate surface area is 164 Å². The Morgan fingerprint density at radius 1 is 0.724 bits per heavy atom. The van der Waals surface area contributed by atoms with Gasteiger partial charge in [0.2, 0.25) is 0 Å². The van der Waals surface area contributed by atoms with Gasteiger partial charge in [0, 0.05) is 38.5 Å². The maximum atomic E-state index is 11.7. The van der Waals surface area contributed by atoms with Gasteiger partial charge in [0.05, 0.1) is 19.4 Å². The van der Waals surface area contributed by atoms with Gasteiger partial charge < -0.3 is 4.84 Å². The number of Topliss-reactive ketones (excluding diaryl/α,β-unsaturated/α-hetero) is 2. The van der Waals surface area contributed by atoms with Crippen LogP contribution in [-0.4, -0.2) is 57.9 Å². The molecule has 0 N–H and O–H groups in total. The number of imide groups is 2. The van der Waals surface area contributed by atoms with Crippen LogP contribution in [0.5, 0.6) is 0 Å². The van der Waals surface area contributed by atoms with E-state index in [9.17, 15) is 33.6 Å². The molecule has 0 spiro atoms. The number of nitrogens with zero attached hydrogens (tertiary/aromatic N) is 2. The Balaban J connectivity index is 1.54. The molecule has 158 valence electrons. The molecule has 2 aliphatic heterocycles. The number of carbonyl (C=O) groups is 7. The lowest BCUT2D eigenvalue weighted by atomic mass is 10.1. The molecule has 2 heterocycles. The third kappa shape index (κ3) is 6.84. The first kappa shape index (κ1) is 22.3. The number of ketones is 2. The van der Waals surface area contributed by atoms with Gasteiger partial charge in [-0.05, 0) is 6.42 Å². The molecule has 0 aliphatic carbocycles. The first-order valence-corrected chi connectivity index (χ1v) is 9.03. The smallest absolute Gasteiger partial charge is 0.330 e. The van der Waals surface area contributed by atoms with Crippen LogP contribution in [-0.2, 0) is 48.3 Å². The molecule has 0 bridgehead atoms. The van der Waals surface area contributed by atoms with Crippen LogP contribution in [0.2, 0.25) is 0 Å². The lowest BCUT2D eigenvalue weighted by molar-refractivity contribution is -0.393. The van der Waals surface area contributed by atoms with E-state index >= 15 is 0 Å². The van der Waals surface area contributed by atoms with E-state index in [1.165, 1.54) is 0 Å². The summed E-state index contributed by atoms with van der Waals surface area (Å²) in [5, 5.41) is 0.914. The van der Waals surface area contributed by atoms with Crippen LogP contribution in [0.3, 0.4) is 0 Å². The fourth-order valence-corrected chi connectivity index (χ4v) is 2.50. The largest absolute Gasteiger partial charge is 0.333 e.